The van der Waals surface area contributed by atoms with Crippen molar-refractivity contribution in [3.63, 3.8) is 0 Å². The highest BCUT2D eigenvalue weighted by molar-refractivity contribution is 7.13. The number of hydrogen-bond donors (Lipinski definition) is 0. The average Bonchev–Trinajstić information content (AvgIpc) is 2.88. The first-order chi connectivity index (χ1) is 12.0. The lowest BCUT2D eigenvalue weighted by atomic mass is 9.96. The van der Waals surface area contributed by atoms with Gasteiger partial charge in [0.25, 0.3) is 11.5 Å². The van der Waals surface area contributed by atoms with Crippen LogP contribution in [0, 0.1) is 19.8 Å². The number of aromatic nitrogens is 3. The van der Waals surface area contributed by atoms with Gasteiger partial charge in [0.15, 0.2) is 0 Å². The van der Waals surface area contributed by atoms with E-state index in [1.807, 2.05) is 18.7 Å². The number of thiazole rings is 1. The van der Waals surface area contributed by atoms with Gasteiger partial charge < -0.3 is 4.90 Å². The minimum atomic E-state index is -0.0145. The summed E-state index contributed by atoms with van der Waals surface area (Å²) in [4.78, 5) is 31.7. The van der Waals surface area contributed by atoms with Crippen molar-refractivity contribution in [2.75, 3.05) is 13.1 Å². The van der Waals surface area contributed by atoms with Crippen molar-refractivity contribution in [2.45, 2.75) is 46.1 Å². The van der Waals surface area contributed by atoms with Gasteiger partial charge in [0.2, 0.25) is 0 Å². The molecule has 0 aromatic carbocycles. The lowest BCUT2D eigenvalue weighted by Crippen LogP contribution is -2.52. The predicted octanol–water partition coefficient (Wildman–Crippen LogP) is 1.97. The second-order valence-corrected chi connectivity index (χ2v) is 8.27. The Hall–Kier alpha value is -2.02. The zero-order valence-corrected chi connectivity index (χ0v) is 15.4. The molecule has 0 saturated carbocycles. The van der Waals surface area contributed by atoms with Crippen LogP contribution in [0.15, 0.2) is 10.9 Å². The SMILES string of the molecule is Cc1nc(C)c(C(=O)N2CC(Cn3nc4c(cc3=O)CCCC4)C2)s1. The van der Waals surface area contributed by atoms with Crippen LogP contribution in [-0.4, -0.2) is 38.7 Å². The van der Waals surface area contributed by atoms with E-state index in [0.29, 0.717) is 25.6 Å². The number of carbonyl (C=O) groups excluding carboxylic acids is 1. The highest BCUT2D eigenvalue weighted by Gasteiger charge is 2.33. The molecule has 0 radical (unpaired) electrons. The Kier molecular flexibility index (Phi) is 4.19. The summed E-state index contributed by atoms with van der Waals surface area (Å²) in [6.07, 6.45) is 4.23. The summed E-state index contributed by atoms with van der Waals surface area (Å²) < 4.78 is 1.60. The van der Waals surface area contributed by atoms with Crippen LogP contribution in [0.2, 0.25) is 0 Å². The Morgan fingerprint density at radius 3 is 2.76 bits per heavy atom. The maximum Gasteiger partial charge on any atom is 0.267 e. The second kappa shape index (κ2) is 6.37. The van der Waals surface area contributed by atoms with Crippen LogP contribution in [0.5, 0.6) is 0 Å². The molecule has 0 bridgehead atoms. The van der Waals surface area contributed by atoms with Crippen LogP contribution in [0.1, 0.15) is 44.5 Å². The zero-order chi connectivity index (χ0) is 17.6. The standard InChI is InChI=1S/C18H22N4O2S/c1-11-17(25-12(2)19-11)18(24)21-8-13(9-21)10-22-16(23)7-14-5-3-4-6-15(14)20-22/h7,13H,3-6,8-10H2,1-2H3. The monoisotopic (exact) mass is 358 g/mol. The van der Waals surface area contributed by atoms with E-state index >= 15 is 0 Å². The van der Waals surface area contributed by atoms with E-state index in [4.69, 9.17) is 0 Å². The fourth-order valence-corrected chi connectivity index (χ4v) is 4.59. The van der Waals surface area contributed by atoms with E-state index in [2.05, 4.69) is 10.1 Å². The molecule has 1 aliphatic heterocycles. The quantitative estimate of drug-likeness (QED) is 0.841. The van der Waals surface area contributed by atoms with Crippen molar-refractivity contribution in [3.05, 3.63) is 43.3 Å². The molecule has 0 N–H and O–H groups in total. The van der Waals surface area contributed by atoms with Crippen LogP contribution in [0.4, 0.5) is 0 Å². The predicted molar refractivity (Wildman–Crippen MR) is 96.1 cm³/mol. The molecule has 1 amide bonds. The number of aryl methyl sites for hydroxylation is 4. The largest absolute Gasteiger partial charge is 0.337 e. The summed E-state index contributed by atoms with van der Waals surface area (Å²) in [6, 6.07) is 1.76. The van der Waals surface area contributed by atoms with Crippen LogP contribution in [0.25, 0.3) is 0 Å². The second-order valence-electron chi connectivity index (χ2n) is 7.07. The number of nitrogens with zero attached hydrogens (tertiary/aromatic N) is 4. The molecule has 2 aromatic rings. The van der Waals surface area contributed by atoms with Crippen molar-refractivity contribution in [3.8, 4) is 0 Å². The summed E-state index contributed by atoms with van der Waals surface area (Å²) in [7, 11) is 0. The minimum absolute atomic E-state index is 0.0145. The molecule has 132 valence electrons. The first-order valence-electron chi connectivity index (χ1n) is 8.84. The van der Waals surface area contributed by atoms with Gasteiger partial charge in [0.1, 0.15) is 4.88 Å². The number of rotatable bonds is 3. The molecule has 4 rings (SSSR count). The average molecular weight is 358 g/mol. The molecule has 1 fully saturated rings. The van der Waals surface area contributed by atoms with Gasteiger partial charge in [-0.2, -0.15) is 5.10 Å². The third-order valence-electron chi connectivity index (χ3n) is 5.05. The Balaban J connectivity index is 1.41. The Morgan fingerprint density at radius 2 is 2.04 bits per heavy atom. The number of likely N-dealkylation sites (tertiary alicyclic amines) is 1. The van der Waals surface area contributed by atoms with E-state index in [-0.39, 0.29) is 11.5 Å². The Morgan fingerprint density at radius 1 is 1.28 bits per heavy atom. The minimum Gasteiger partial charge on any atom is -0.337 e. The zero-order valence-electron chi connectivity index (χ0n) is 14.6. The first-order valence-corrected chi connectivity index (χ1v) is 9.66. The topological polar surface area (TPSA) is 68.1 Å². The molecular weight excluding hydrogens is 336 g/mol. The summed E-state index contributed by atoms with van der Waals surface area (Å²) >= 11 is 1.45. The number of hydrogen-bond acceptors (Lipinski definition) is 5. The van der Waals surface area contributed by atoms with Gasteiger partial charge in [0, 0.05) is 25.1 Å². The molecule has 3 heterocycles. The molecule has 0 spiro atoms. The molecule has 0 unspecified atom stereocenters. The fourth-order valence-electron chi connectivity index (χ4n) is 3.70. The van der Waals surface area contributed by atoms with Gasteiger partial charge in [-0.05, 0) is 45.1 Å². The van der Waals surface area contributed by atoms with Crippen molar-refractivity contribution in [2.24, 2.45) is 5.92 Å². The lowest BCUT2D eigenvalue weighted by molar-refractivity contribution is 0.0462. The molecule has 25 heavy (non-hydrogen) atoms. The maximum absolute atomic E-state index is 12.5. The van der Waals surface area contributed by atoms with Crippen LogP contribution >= 0.6 is 11.3 Å². The highest BCUT2D eigenvalue weighted by Crippen LogP contribution is 2.25. The van der Waals surface area contributed by atoms with Crippen molar-refractivity contribution >= 4 is 17.2 Å². The van der Waals surface area contributed by atoms with Crippen molar-refractivity contribution < 1.29 is 4.79 Å². The van der Waals surface area contributed by atoms with E-state index in [0.717, 1.165) is 52.5 Å². The van der Waals surface area contributed by atoms with E-state index in [1.165, 1.54) is 11.3 Å². The molecule has 7 heteroatoms. The number of fused-ring (bicyclic) bond motifs is 1. The summed E-state index contributed by atoms with van der Waals surface area (Å²) in [5, 5.41) is 5.49. The fraction of sp³-hybridized carbons (Fsp3) is 0.556. The van der Waals surface area contributed by atoms with Crippen molar-refractivity contribution in [1.29, 1.82) is 0 Å². The Labute approximate surface area is 150 Å². The number of carbonyl (C=O) groups is 1. The first kappa shape index (κ1) is 16.4. The molecule has 6 nitrogen and oxygen atoms in total. The Bertz CT molecular complexity index is 880. The third-order valence-corrected chi connectivity index (χ3v) is 6.11. The third kappa shape index (κ3) is 3.13. The summed E-state index contributed by atoms with van der Waals surface area (Å²) in [5.74, 6) is 0.357. The van der Waals surface area contributed by atoms with Gasteiger partial charge in [0.05, 0.1) is 22.9 Å². The van der Waals surface area contributed by atoms with E-state index in [1.54, 1.807) is 10.7 Å². The molecule has 1 aliphatic carbocycles. The molecule has 1 saturated heterocycles. The van der Waals surface area contributed by atoms with Gasteiger partial charge in [-0.3, -0.25) is 9.59 Å². The maximum atomic E-state index is 12.5. The van der Waals surface area contributed by atoms with Gasteiger partial charge in [-0.1, -0.05) is 0 Å². The molecular formula is C18H22N4O2S. The molecule has 0 atom stereocenters. The van der Waals surface area contributed by atoms with Gasteiger partial charge in [-0.25, -0.2) is 9.67 Å². The van der Waals surface area contributed by atoms with E-state index in [9.17, 15) is 9.59 Å². The van der Waals surface area contributed by atoms with Crippen LogP contribution in [-0.2, 0) is 19.4 Å². The summed E-state index contributed by atoms with van der Waals surface area (Å²) in [5.41, 5.74) is 2.99. The van der Waals surface area contributed by atoms with Crippen LogP contribution < -0.4 is 5.56 Å². The van der Waals surface area contributed by atoms with Crippen LogP contribution in [0.3, 0.4) is 0 Å². The number of amides is 1. The molecule has 2 aromatic heterocycles. The normalized spacial score (nSPS) is 17.3. The smallest absolute Gasteiger partial charge is 0.267 e. The lowest BCUT2D eigenvalue weighted by Gasteiger charge is -2.39. The van der Waals surface area contributed by atoms with Gasteiger partial charge >= 0.3 is 0 Å². The van der Waals surface area contributed by atoms with E-state index < -0.39 is 0 Å². The highest BCUT2D eigenvalue weighted by atomic mass is 32.1. The van der Waals surface area contributed by atoms with Gasteiger partial charge in [-0.15, -0.1) is 11.3 Å². The summed E-state index contributed by atoms with van der Waals surface area (Å²) in [6.45, 7) is 5.75. The molecule has 2 aliphatic rings. The van der Waals surface area contributed by atoms with Crippen molar-refractivity contribution in [1.82, 2.24) is 19.7 Å².